The van der Waals surface area contributed by atoms with Crippen LogP contribution in [0.5, 0.6) is 11.6 Å². The summed E-state index contributed by atoms with van der Waals surface area (Å²) in [5.74, 6) is 0.145. The van der Waals surface area contributed by atoms with E-state index in [0.717, 1.165) is 4.57 Å². The number of hydrogen-bond acceptors (Lipinski definition) is 6. The van der Waals surface area contributed by atoms with Crippen LogP contribution < -0.4 is 15.7 Å². The van der Waals surface area contributed by atoms with Crippen molar-refractivity contribution in [1.29, 1.82) is 0 Å². The SMILES string of the molecule is COc1ccc(C(=O)N/N=C/c2c(O)n(-c3ccccn3)c(=O)c3ccccc23)cc1. The number of carbonyl (C=O) groups is 1. The van der Waals surface area contributed by atoms with Crippen LogP contribution in [0.3, 0.4) is 0 Å². The molecule has 0 bridgehead atoms. The van der Waals surface area contributed by atoms with Crippen LogP contribution in [0.4, 0.5) is 0 Å². The molecule has 0 radical (unpaired) electrons. The largest absolute Gasteiger partial charge is 0.497 e. The highest BCUT2D eigenvalue weighted by Gasteiger charge is 2.17. The maximum absolute atomic E-state index is 13.0. The summed E-state index contributed by atoms with van der Waals surface area (Å²) in [6.07, 6.45) is 2.83. The zero-order valence-electron chi connectivity index (χ0n) is 16.5. The Morgan fingerprint density at radius 1 is 1.06 bits per heavy atom. The molecule has 0 aliphatic heterocycles. The highest BCUT2D eigenvalue weighted by Crippen LogP contribution is 2.25. The van der Waals surface area contributed by atoms with Gasteiger partial charge in [-0.15, -0.1) is 0 Å². The van der Waals surface area contributed by atoms with E-state index < -0.39 is 11.5 Å². The second kappa shape index (κ2) is 8.50. The Bertz CT molecular complexity index is 1330. The second-order valence-electron chi connectivity index (χ2n) is 6.54. The molecule has 0 saturated heterocycles. The molecule has 0 fully saturated rings. The maximum atomic E-state index is 13.0. The molecular weight excluding hydrogens is 396 g/mol. The van der Waals surface area contributed by atoms with E-state index in [9.17, 15) is 14.7 Å². The molecular formula is C23H18N4O4. The summed E-state index contributed by atoms with van der Waals surface area (Å²) in [7, 11) is 1.54. The fraction of sp³-hybridized carbons (Fsp3) is 0.0435. The molecule has 154 valence electrons. The first-order chi connectivity index (χ1) is 15.1. The van der Waals surface area contributed by atoms with Crippen LogP contribution >= 0.6 is 0 Å². The van der Waals surface area contributed by atoms with E-state index in [2.05, 4.69) is 15.5 Å². The Labute approximate surface area is 177 Å². The standard InChI is InChI=1S/C23H18N4O4/c1-31-16-11-9-15(10-12-16)21(28)26-25-14-19-17-6-2-3-7-18(17)22(29)27(23(19)30)20-8-4-5-13-24-20/h2-14,30H,1H3,(H,26,28)/b25-14+. The van der Waals surface area contributed by atoms with E-state index in [1.54, 1.807) is 73.8 Å². The Morgan fingerprint density at radius 3 is 2.45 bits per heavy atom. The highest BCUT2D eigenvalue weighted by atomic mass is 16.5. The van der Waals surface area contributed by atoms with Crippen molar-refractivity contribution in [3.63, 3.8) is 0 Å². The lowest BCUT2D eigenvalue weighted by atomic mass is 10.1. The molecule has 2 aromatic heterocycles. The molecule has 0 spiro atoms. The van der Waals surface area contributed by atoms with Crippen molar-refractivity contribution in [3.8, 4) is 17.4 Å². The first kappa shape index (κ1) is 19.8. The first-order valence-electron chi connectivity index (χ1n) is 9.35. The van der Waals surface area contributed by atoms with Crippen LogP contribution in [0.2, 0.25) is 0 Å². The minimum atomic E-state index is -0.430. The predicted molar refractivity (Wildman–Crippen MR) is 117 cm³/mol. The summed E-state index contributed by atoms with van der Waals surface area (Å²) in [5, 5.41) is 15.7. The smallest absolute Gasteiger partial charge is 0.271 e. The number of pyridine rings is 2. The molecule has 0 saturated carbocycles. The first-order valence-corrected chi connectivity index (χ1v) is 9.35. The van der Waals surface area contributed by atoms with E-state index in [4.69, 9.17) is 4.74 Å². The Morgan fingerprint density at radius 2 is 1.77 bits per heavy atom. The van der Waals surface area contributed by atoms with Crippen molar-refractivity contribution in [2.75, 3.05) is 7.11 Å². The third-order valence-corrected chi connectivity index (χ3v) is 4.69. The maximum Gasteiger partial charge on any atom is 0.271 e. The number of fused-ring (bicyclic) bond motifs is 1. The molecule has 2 heterocycles. The number of rotatable bonds is 5. The minimum Gasteiger partial charge on any atom is -0.497 e. The van der Waals surface area contributed by atoms with Gasteiger partial charge in [-0.1, -0.05) is 24.3 Å². The van der Waals surface area contributed by atoms with Crippen LogP contribution in [0, 0.1) is 0 Å². The Balaban J connectivity index is 1.73. The lowest BCUT2D eigenvalue weighted by molar-refractivity contribution is 0.0955. The summed E-state index contributed by atoms with van der Waals surface area (Å²) in [6.45, 7) is 0. The molecule has 4 aromatic rings. The summed E-state index contributed by atoms with van der Waals surface area (Å²) < 4.78 is 6.18. The van der Waals surface area contributed by atoms with Crippen molar-refractivity contribution < 1.29 is 14.6 Å². The van der Waals surface area contributed by atoms with E-state index in [-0.39, 0.29) is 17.3 Å². The van der Waals surface area contributed by atoms with Crippen LogP contribution in [0.15, 0.2) is 82.8 Å². The predicted octanol–water partition coefficient (Wildman–Crippen LogP) is 2.86. The zero-order chi connectivity index (χ0) is 21.8. The molecule has 0 aliphatic carbocycles. The molecule has 31 heavy (non-hydrogen) atoms. The van der Waals surface area contributed by atoms with Gasteiger partial charge in [-0.2, -0.15) is 5.10 Å². The number of methoxy groups -OCH3 is 1. The van der Waals surface area contributed by atoms with Crippen molar-refractivity contribution in [2.24, 2.45) is 5.10 Å². The van der Waals surface area contributed by atoms with Crippen molar-refractivity contribution in [2.45, 2.75) is 0 Å². The fourth-order valence-corrected chi connectivity index (χ4v) is 3.15. The number of nitrogens with one attached hydrogen (secondary N) is 1. The molecule has 2 N–H and O–H groups in total. The molecule has 4 rings (SSSR count). The summed E-state index contributed by atoms with van der Waals surface area (Å²) in [6, 6.07) is 18.4. The Hall–Kier alpha value is -4.46. The minimum absolute atomic E-state index is 0.271. The number of ether oxygens (including phenoxy) is 1. The summed E-state index contributed by atoms with van der Waals surface area (Å²) in [4.78, 5) is 29.5. The van der Waals surface area contributed by atoms with Gasteiger partial charge in [0.1, 0.15) is 11.6 Å². The van der Waals surface area contributed by atoms with E-state index in [1.807, 2.05) is 0 Å². The van der Waals surface area contributed by atoms with Gasteiger partial charge in [-0.3, -0.25) is 9.59 Å². The number of aromatic hydroxyl groups is 1. The molecule has 0 unspecified atom stereocenters. The Kier molecular flexibility index (Phi) is 5.44. The van der Waals surface area contributed by atoms with Crippen LogP contribution in [0.25, 0.3) is 16.6 Å². The number of nitrogens with zero attached hydrogens (tertiary/aromatic N) is 3. The van der Waals surface area contributed by atoms with Gasteiger partial charge < -0.3 is 9.84 Å². The monoisotopic (exact) mass is 414 g/mol. The number of amides is 1. The van der Waals surface area contributed by atoms with Crippen molar-refractivity contribution in [3.05, 3.63) is 94.4 Å². The van der Waals surface area contributed by atoms with E-state index in [1.165, 1.54) is 12.4 Å². The third kappa shape index (κ3) is 3.86. The molecule has 8 nitrogen and oxygen atoms in total. The number of benzene rings is 2. The van der Waals surface area contributed by atoms with Gasteiger partial charge in [0.15, 0.2) is 0 Å². The van der Waals surface area contributed by atoms with Crippen molar-refractivity contribution >= 4 is 22.9 Å². The van der Waals surface area contributed by atoms with E-state index >= 15 is 0 Å². The lowest BCUT2D eigenvalue weighted by Gasteiger charge is -2.12. The number of carbonyl (C=O) groups excluding carboxylic acids is 1. The normalized spacial score (nSPS) is 11.0. The highest BCUT2D eigenvalue weighted by molar-refractivity contribution is 6.02. The molecule has 8 heteroatoms. The van der Waals surface area contributed by atoms with Gasteiger partial charge in [0, 0.05) is 22.5 Å². The molecule has 0 aliphatic rings. The third-order valence-electron chi connectivity index (χ3n) is 4.69. The average molecular weight is 414 g/mol. The topological polar surface area (TPSA) is 106 Å². The number of hydrazone groups is 1. The number of aromatic nitrogens is 2. The van der Waals surface area contributed by atoms with Crippen LogP contribution in [-0.4, -0.2) is 33.9 Å². The molecule has 0 atom stereocenters. The summed E-state index contributed by atoms with van der Waals surface area (Å²) >= 11 is 0. The zero-order valence-corrected chi connectivity index (χ0v) is 16.5. The summed E-state index contributed by atoms with van der Waals surface area (Å²) in [5.41, 5.74) is 2.68. The van der Waals surface area contributed by atoms with E-state index in [0.29, 0.717) is 22.1 Å². The molecule has 1 amide bonds. The van der Waals surface area contributed by atoms with Crippen LogP contribution in [0.1, 0.15) is 15.9 Å². The quantitative estimate of drug-likeness (QED) is 0.386. The second-order valence-corrected chi connectivity index (χ2v) is 6.54. The van der Waals surface area contributed by atoms with Gasteiger partial charge in [0.25, 0.3) is 11.5 Å². The van der Waals surface area contributed by atoms with Crippen molar-refractivity contribution in [1.82, 2.24) is 15.0 Å². The van der Waals surface area contributed by atoms with Gasteiger partial charge >= 0.3 is 0 Å². The molecule has 2 aromatic carbocycles. The lowest BCUT2D eigenvalue weighted by Crippen LogP contribution is -2.21. The van der Waals surface area contributed by atoms with Gasteiger partial charge in [-0.05, 0) is 42.5 Å². The number of hydrogen-bond donors (Lipinski definition) is 2. The van der Waals surface area contributed by atoms with Crippen LogP contribution in [-0.2, 0) is 0 Å². The van der Waals surface area contributed by atoms with Gasteiger partial charge in [0.2, 0.25) is 5.88 Å². The van der Waals surface area contributed by atoms with Gasteiger partial charge in [-0.25, -0.2) is 15.0 Å². The van der Waals surface area contributed by atoms with Gasteiger partial charge in [0.05, 0.1) is 18.9 Å². The fourth-order valence-electron chi connectivity index (χ4n) is 3.15. The average Bonchev–Trinajstić information content (AvgIpc) is 2.82.